The number of carbonyl (C=O) groups excluding carboxylic acids is 3. The van der Waals surface area contributed by atoms with Gasteiger partial charge < -0.3 is 13.9 Å². The minimum absolute atomic E-state index is 0.138. The Morgan fingerprint density at radius 1 is 0.947 bits per heavy atom. The zero-order valence-corrected chi connectivity index (χ0v) is 21.2. The summed E-state index contributed by atoms with van der Waals surface area (Å²) in [5, 5.41) is -0.0297. The molecule has 0 N–H and O–H groups in total. The first-order chi connectivity index (χ1) is 18.4. The van der Waals surface area contributed by atoms with Gasteiger partial charge in [-0.05, 0) is 53.7 Å². The molecule has 1 aliphatic heterocycles. The number of nitrogens with zero attached hydrogens (tertiary/aromatic N) is 1. The highest BCUT2D eigenvalue weighted by Crippen LogP contribution is 2.33. The summed E-state index contributed by atoms with van der Waals surface area (Å²) in [6.45, 7) is -0.425. The molecular weight excluding hydrogens is 506 g/mol. The fourth-order valence-corrected chi connectivity index (χ4v) is 4.88. The molecule has 1 fully saturated rings. The first kappa shape index (κ1) is 25.0. The maximum absolute atomic E-state index is 13.0. The Kier molecular flexibility index (Phi) is 6.85. The lowest BCUT2D eigenvalue weighted by molar-refractivity contribution is -0.122. The first-order valence-corrected chi connectivity index (χ1v) is 12.3. The molecule has 9 heteroatoms. The number of fused-ring (bicyclic) bond motifs is 1. The Morgan fingerprint density at radius 2 is 1.71 bits per heavy atom. The third-order valence-corrected chi connectivity index (χ3v) is 6.92. The Morgan fingerprint density at radius 3 is 2.45 bits per heavy atom. The molecule has 0 bridgehead atoms. The quantitative estimate of drug-likeness (QED) is 0.233. The molecule has 2 heterocycles. The fourth-order valence-electron chi connectivity index (χ4n) is 4.04. The lowest BCUT2D eigenvalue weighted by atomic mass is 10.1. The second-order valence-electron chi connectivity index (χ2n) is 8.35. The van der Waals surface area contributed by atoms with Crippen molar-refractivity contribution in [2.45, 2.75) is 0 Å². The number of imide groups is 1. The van der Waals surface area contributed by atoms with Crippen LogP contribution in [0, 0.1) is 0 Å². The van der Waals surface area contributed by atoms with Gasteiger partial charge in [-0.2, -0.15) is 0 Å². The average Bonchev–Trinajstić information content (AvgIpc) is 3.20. The zero-order chi connectivity index (χ0) is 26.8. The van der Waals surface area contributed by atoms with Crippen molar-refractivity contribution in [3.05, 3.63) is 99.1 Å². The second-order valence-corrected chi connectivity index (χ2v) is 9.34. The highest BCUT2D eigenvalue weighted by Gasteiger charge is 2.36. The van der Waals surface area contributed by atoms with Gasteiger partial charge in [-0.25, -0.2) is 0 Å². The first-order valence-electron chi connectivity index (χ1n) is 11.5. The van der Waals surface area contributed by atoms with Crippen LogP contribution in [0.15, 0.2) is 86.9 Å². The van der Waals surface area contributed by atoms with Crippen LogP contribution in [0.25, 0.3) is 28.4 Å². The van der Waals surface area contributed by atoms with Gasteiger partial charge in [0.2, 0.25) is 0 Å². The number of thioether (sulfide) groups is 1. The van der Waals surface area contributed by atoms with Crippen LogP contribution in [0.3, 0.4) is 0 Å². The molecule has 0 saturated carbocycles. The van der Waals surface area contributed by atoms with E-state index >= 15 is 0 Å². The molecule has 4 aromatic rings. The summed E-state index contributed by atoms with van der Waals surface area (Å²) in [4.78, 5) is 52.0. The summed E-state index contributed by atoms with van der Waals surface area (Å²) in [7, 11) is 2.90. The minimum atomic E-state index is -0.556. The summed E-state index contributed by atoms with van der Waals surface area (Å²) < 4.78 is 16.3. The van der Waals surface area contributed by atoms with Gasteiger partial charge in [-0.15, -0.1) is 0 Å². The van der Waals surface area contributed by atoms with Crippen molar-refractivity contribution in [1.29, 1.82) is 0 Å². The third-order valence-electron chi connectivity index (χ3n) is 6.01. The van der Waals surface area contributed by atoms with E-state index in [-0.39, 0.29) is 15.9 Å². The van der Waals surface area contributed by atoms with Crippen LogP contribution in [0.4, 0.5) is 4.79 Å². The number of ketones is 1. The van der Waals surface area contributed by atoms with Crippen molar-refractivity contribution in [2.75, 3.05) is 20.8 Å². The average molecular weight is 528 g/mol. The lowest BCUT2D eigenvalue weighted by Crippen LogP contribution is -2.33. The molecule has 0 atom stereocenters. The standard InChI is InChI=1S/C29H21NO7S/c1-35-19-11-12-24(36-2)21(14-19)23(32)16-30-28(33)27(38-29(30)34)13-17-7-9-18(10-8-17)26-15-22(31)20-5-3-4-6-25(20)37-26/h3-15H,16H2,1-2H3/b27-13+. The van der Waals surface area contributed by atoms with E-state index in [1.54, 1.807) is 66.7 Å². The molecule has 5 rings (SSSR count). The lowest BCUT2D eigenvalue weighted by Gasteiger charge is -2.14. The normalized spacial score (nSPS) is 14.4. The van der Waals surface area contributed by atoms with Crippen LogP contribution in [0.2, 0.25) is 0 Å². The van der Waals surface area contributed by atoms with E-state index in [2.05, 4.69) is 0 Å². The molecule has 0 spiro atoms. The summed E-state index contributed by atoms with van der Waals surface area (Å²) in [6, 6.07) is 20.3. The Bertz CT molecular complexity index is 1670. The number of carbonyl (C=O) groups is 3. The number of hydrogen-bond donors (Lipinski definition) is 0. The van der Waals surface area contributed by atoms with Crippen LogP contribution in [-0.2, 0) is 4.79 Å². The number of benzene rings is 3. The number of hydrogen-bond acceptors (Lipinski definition) is 8. The fraction of sp³-hybridized carbons (Fsp3) is 0.103. The van der Waals surface area contributed by atoms with Crippen molar-refractivity contribution in [1.82, 2.24) is 4.90 Å². The summed E-state index contributed by atoms with van der Waals surface area (Å²) in [6.07, 6.45) is 1.59. The van der Waals surface area contributed by atoms with Crippen molar-refractivity contribution in [3.8, 4) is 22.8 Å². The van der Waals surface area contributed by atoms with Gasteiger partial charge in [0.15, 0.2) is 11.2 Å². The minimum Gasteiger partial charge on any atom is -0.497 e. The highest BCUT2D eigenvalue weighted by molar-refractivity contribution is 8.18. The molecule has 3 aromatic carbocycles. The molecule has 0 aliphatic carbocycles. The zero-order valence-electron chi connectivity index (χ0n) is 20.4. The molecule has 1 aromatic heterocycles. The van der Waals surface area contributed by atoms with Crippen molar-refractivity contribution >= 4 is 45.7 Å². The van der Waals surface area contributed by atoms with Gasteiger partial charge in [0.25, 0.3) is 11.1 Å². The topological polar surface area (TPSA) is 103 Å². The van der Waals surface area contributed by atoms with Gasteiger partial charge in [-0.1, -0.05) is 36.4 Å². The van der Waals surface area contributed by atoms with Gasteiger partial charge in [0.1, 0.15) is 22.8 Å². The molecule has 0 radical (unpaired) electrons. The number of ether oxygens (including phenoxy) is 2. The third kappa shape index (κ3) is 4.83. The van der Waals surface area contributed by atoms with E-state index in [4.69, 9.17) is 13.9 Å². The molecule has 38 heavy (non-hydrogen) atoms. The molecule has 1 aliphatic rings. The van der Waals surface area contributed by atoms with Crippen molar-refractivity contribution < 1.29 is 28.3 Å². The monoisotopic (exact) mass is 527 g/mol. The predicted molar refractivity (Wildman–Crippen MR) is 144 cm³/mol. The van der Waals surface area contributed by atoms with Gasteiger partial charge >= 0.3 is 0 Å². The van der Waals surface area contributed by atoms with Gasteiger partial charge in [-0.3, -0.25) is 24.1 Å². The molecule has 2 amide bonds. The van der Waals surface area contributed by atoms with Gasteiger partial charge in [0.05, 0.1) is 36.6 Å². The van der Waals surface area contributed by atoms with E-state index in [1.807, 2.05) is 0 Å². The van der Waals surface area contributed by atoms with Crippen LogP contribution >= 0.6 is 11.8 Å². The SMILES string of the molecule is COc1ccc(OC)c(C(=O)CN2C(=O)S/C(=C/c3ccc(-c4cc(=O)c5ccccc5o4)cc3)C2=O)c1. The number of rotatable bonds is 7. The highest BCUT2D eigenvalue weighted by atomic mass is 32.2. The van der Waals surface area contributed by atoms with E-state index < -0.39 is 23.5 Å². The number of methoxy groups -OCH3 is 2. The van der Waals surface area contributed by atoms with E-state index in [0.717, 1.165) is 16.7 Å². The Hall–Kier alpha value is -4.63. The molecule has 1 saturated heterocycles. The van der Waals surface area contributed by atoms with E-state index in [9.17, 15) is 19.2 Å². The van der Waals surface area contributed by atoms with Crippen molar-refractivity contribution in [3.63, 3.8) is 0 Å². The molecule has 0 unspecified atom stereocenters. The summed E-state index contributed by atoms with van der Waals surface area (Å²) in [5.74, 6) is 0.188. The smallest absolute Gasteiger partial charge is 0.293 e. The number of para-hydroxylation sites is 1. The number of Topliss-reactive ketones (excluding diaryl/α,β-unsaturated/α-hetero) is 1. The van der Waals surface area contributed by atoms with Crippen molar-refractivity contribution in [2.24, 2.45) is 0 Å². The molecular formula is C29H21NO7S. The Labute approximate surface area is 221 Å². The maximum Gasteiger partial charge on any atom is 0.293 e. The van der Waals surface area contributed by atoms with E-state index in [0.29, 0.717) is 39.4 Å². The predicted octanol–water partition coefficient (Wildman–Crippen LogP) is 5.40. The molecule has 8 nitrogen and oxygen atoms in total. The van der Waals surface area contributed by atoms with Crippen LogP contribution in [0.5, 0.6) is 11.5 Å². The molecule has 190 valence electrons. The summed E-state index contributed by atoms with van der Waals surface area (Å²) >= 11 is 0.766. The maximum atomic E-state index is 13.0. The van der Waals surface area contributed by atoms with Crippen LogP contribution in [-0.4, -0.2) is 42.6 Å². The van der Waals surface area contributed by atoms with Crippen LogP contribution < -0.4 is 14.9 Å². The second kappa shape index (κ2) is 10.4. The van der Waals surface area contributed by atoms with Gasteiger partial charge in [0, 0.05) is 11.6 Å². The Balaban J connectivity index is 1.34. The summed E-state index contributed by atoms with van der Waals surface area (Å²) in [5.41, 5.74) is 1.93. The number of amides is 2. The van der Waals surface area contributed by atoms with E-state index in [1.165, 1.54) is 26.4 Å². The largest absolute Gasteiger partial charge is 0.497 e. The van der Waals surface area contributed by atoms with Crippen LogP contribution in [0.1, 0.15) is 15.9 Å².